The fourth-order valence-electron chi connectivity index (χ4n) is 9.51. The van der Waals surface area contributed by atoms with Gasteiger partial charge in [0.05, 0.1) is 39.9 Å². The van der Waals surface area contributed by atoms with Crippen LogP contribution in [0.2, 0.25) is 0 Å². The maximum Gasteiger partial charge on any atom is 0.472 e. The second kappa shape index (κ2) is 53.8. The van der Waals surface area contributed by atoms with Crippen molar-refractivity contribution in [3.05, 3.63) is 24.3 Å². The summed E-state index contributed by atoms with van der Waals surface area (Å²) in [5.41, 5.74) is 0. The van der Waals surface area contributed by atoms with Gasteiger partial charge < -0.3 is 19.8 Å². The lowest BCUT2D eigenvalue weighted by Gasteiger charge is -2.25. The van der Waals surface area contributed by atoms with Gasteiger partial charge in [-0.15, -0.1) is 0 Å². The average molecular weight is 1020 g/mol. The van der Waals surface area contributed by atoms with Crippen LogP contribution in [0.25, 0.3) is 0 Å². The summed E-state index contributed by atoms with van der Waals surface area (Å²) < 4.78 is 23.8. The summed E-state index contributed by atoms with van der Waals surface area (Å²) in [7, 11) is 1.58. The Labute approximate surface area is 443 Å². The SMILES string of the molecule is CCCCCCCC/C=C\CCCCCCCCCCCC(=O)NC(COP(=O)(O)OCC[N+](C)(C)C)C(O)/C=C/CCCCCCCCCCCCCCCCCCCCCCCCCCCCCC. The molecule has 0 aromatic heterocycles. The third kappa shape index (κ3) is 56.5. The van der Waals surface area contributed by atoms with E-state index < -0.39 is 20.0 Å². The average Bonchev–Trinajstić information content (AvgIpc) is 3.33. The molecular formula is C62H124N2O6P+. The Balaban J connectivity index is 4.10. The van der Waals surface area contributed by atoms with Crippen molar-refractivity contribution in [1.29, 1.82) is 0 Å². The first-order chi connectivity index (χ1) is 34.5. The summed E-state index contributed by atoms with van der Waals surface area (Å²) in [6.07, 6.45) is 68.7. The van der Waals surface area contributed by atoms with E-state index in [9.17, 15) is 19.4 Å². The summed E-state index contributed by atoms with van der Waals surface area (Å²) in [4.78, 5) is 23.3. The zero-order valence-electron chi connectivity index (χ0n) is 48.2. The van der Waals surface area contributed by atoms with Crippen LogP contribution in [0.4, 0.5) is 0 Å². The first kappa shape index (κ1) is 70.0. The number of quaternary nitrogens is 1. The molecule has 3 N–H and O–H groups in total. The topological polar surface area (TPSA) is 105 Å². The zero-order chi connectivity index (χ0) is 52.0. The molecule has 0 heterocycles. The van der Waals surface area contributed by atoms with Gasteiger partial charge in [-0.05, 0) is 44.9 Å². The summed E-state index contributed by atoms with van der Waals surface area (Å²) in [6.45, 7) is 4.86. The first-order valence-electron chi connectivity index (χ1n) is 31.2. The number of phosphoric ester groups is 1. The second-order valence-corrected chi connectivity index (χ2v) is 24.2. The summed E-state index contributed by atoms with van der Waals surface area (Å²) >= 11 is 0. The van der Waals surface area contributed by atoms with E-state index in [1.807, 2.05) is 27.2 Å². The van der Waals surface area contributed by atoms with Crippen LogP contribution in [-0.2, 0) is 18.4 Å². The second-order valence-electron chi connectivity index (χ2n) is 22.8. The lowest BCUT2D eigenvalue weighted by atomic mass is 10.0. The lowest BCUT2D eigenvalue weighted by molar-refractivity contribution is -0.870. The van der Waals surface area contributed by atoms with Crippen molar-refractivity contribution in [2.24, 2.45) is 0 Å². The molecule has 0 saturated heterocycles. The number of hydrogen-bond acceptors (Lipinski definition) is 5. The number of nitrogens with zero attached hydrogens (tertiary/aromatic N) is 1. The molecule has 0 aliphatic rings. The molecule has 0 spiro atoms. The number of allylic oxidation sites excluding steroid dienone is 3. The van der Waals surface area contributed by atoms with E-state index in [1.54, 1.807) is 6.08 Å². The monoisotopic (exact) mass is 1020 g/mol. The van der Waals surface area contributed by atoms with E-state index in [4.69, 9.17) is 9.05 Å². The molecule has 0 aromatic carbocycles. The van der Waals surface area contributed by atoms with Crippen molar-refractivity contribution in [1.82, 2.24) is 5.32 Å². The Bertz CT molecular complexity index is 1210. The van der Waals surface area contributed by atoms with E-state index in [1.165, 1.54) is 263 Å². The molecule has 3 atom stereocenters. The van der Waals surface area contributed by atoms with E-state index >= 15 is 0 Å². The van der Waals surface area contributed by atoms with Crippen LogP contribution in [0.3, 0.4) is 0 Å². The van der Waals surface area contributed by atoms with Crippen molar-refractivity contribution in [2.75, 3.05) is 40.9 Å². The number of nitrogens with one attached hydrogen (secondary N) is 1. The Morgan fingerprint density at radius 3 is 1.08 bits per heavy atom. The highest BCUT2D eigenvalue weighted by Gasteiger charge is 2.27. The largest absolute Gasteiger partial charge is 0.472 e. The van der Waals surface area contributed by atoms with Crippen molar-refractivity contribution in [2.45, 2.75) is 328 Å². The number of carbonyl (C=O) groups is 1. The zero-order valence-corrected chi connectivity index (χ0v) is 49.1. The molecule has 1 amide bonds. The third-order valence-electron chi connectivity index (χ3n) is 14.4. The molecule has 8 nitrogen and oxygen atoms in total. The van der Waals surface area contributed by atoms with Crippen LogP contribution in [0.1, 0.15) is 316 Å². The fourth-order valence-corrected chi connectivity index (χ4v) is 10.2. The predicted octanol–water partition coefficient (Wildman–Crippen LogP) is 19.2. The number of unbranched alkanes of at least 4 members (excludes halogenated alkanes) is 43. The molecule has 0 fully saturated rings. The molecule has 0 bridgehead atoms. The van der Waals surface area contributed by atoms with Gasteiger partial charge in [0.15, 0.2) is 0 Å². The van der Waals surface area contributed by atoms with Gasteiger partial charge in [0.2, 0.25) is 5.91 Å². The quantitative estimate of drug-likeness (QED) is 0.0243. The first-order valence-corrected chi connectivity index (χ1v) is 32.7. The van der Waals surface area contributed by atoms with Crippen LogP contribution in [-0.4, -0.2) is 73.4 Å². The van der Waals surface area contributed by atoms with E-state index in [2.05, 4.69) is 31.3 Å². The van der Waals surface area contributed by atoms with Crippen LogP contribution >= 0.6 is 7.82 Å². The summed E-state index contributed by atoms with van der Waals surface area (Å²) in [5.74, 6) is -0.175. The summed E-state index contributed by atoms with van der Waals surface area (Å²) in [6, 6.07) is -0.847. The van der Waals surface area contributed by atoms with Gasteiger partial charge in [-0.1, -0.05) is 289 Å². The Hall–Kier alpha value is -1.02. The number of amides is 1. The maximum atomic E-state index is 13.0. The predicted molar refractivity (Wildman–Crippen MR) is 309 cm³/mol. The number of phosphoric acid groups is 1. The van der Waals surface area contributed by atoms with Gasteiger partial charge in [-0.3, -0.25) is 13.8 Å². The number of hydrogen-bond donors (Lipinski definition) is 3. The van der Waals surface area contributed by atoms with Gasteiger partial charge in [0.25, 0.3) is 0 Å². The minimum Gasteiger partial charge on any atom is -0.387 e. The number of carbonyl (C=O) groups excluding carboxylic acids is 1. The third-order valence-corrected chi connectivity index (χ3v) is 15.4. The molecule has 0 aliphatic carbocycles. The highest BCUT2D eigenvalue weighted by atomic mass is 31.2. The summed E-state index contributed by atoms with van der Waals surface area (Å²) in [5, 5.41) is 14.0. The highest BCUT2D eigenvalue weighted by molar-refractivity contribution is 7.47. The number of aliphatic hydroxyl groups is 1. The lowest BCUT2D eigenvalue weighted by Crippen LogP contribution is -2.45. The van der Waals surface area contributed by atoms with E-state index in [0.717, 1.165) is 32.1 Å². The number of aliphatic hydroxyl groups excluding tert-OH is 1. The standard InChI is InChI=1S/C62H123N2O6P/c1-6-8-10-12-14-16-18-20-22-24-26-27-28-29-30-31-32-33-34-35-36-38-39-41-43-45-47-49-51-53-55-61(65)60(59-70-71(67,68)69-58-57-64(3,4)5)63-62(66)56-54-52-50-48-46-44-42-40-37-25-23-21-19-17-15-13-11-9-7-2/h21,23,53,55,60-61,65H,6-20,22,24-52,54,56-59H2,1-5H3,(H-,63,66,67,68)/p+1/b23-21-,55-53+. The molecule has 0 radical (unpaired) electrons. The molecule has 0 aromatic rings. The maximum absolute atomic E-state index is 13.0. The molecular weight excluding hydrogens is 900 g/mol. The molecule has 3 unspecified atom stereocenters. The highest BCUT2D eigenvalue weighted by Crippen LogP contribution is 2.43. The Morgan fingerprint density at radius 2 is 0.761 bits per heavy atom. The van der Waals surface area contributed by atoms with Gasteiger partial charge >= 0.3 is 7.82 Å². The van der Waals surface area contributed by atoms with Crippen molar-refractivity contribution in [3.63, 3.8) is 0 Å². The molecule has 422 valence electrons. The molecule has 0 aliphatic heterocycles. The van der Waals surface area contributed by atoms with Crippen molar-refractivity contribution < 1.29 is 32.9 Å². The van der Waals surface area contributed by atoms with Gasteiger partial charge in [0, 0.05) is 6.42 Å². The Kier molecular flexibility index (Phi) is 53.0. The normalized spacial score (nSPS) is 14.0. The van der Waals surface area contributed by atoms with Crippen molar-refractivity contribution in [3.8, 4) is 0 Å². The van der Waals surface area contributed by atoms with Crippen LogP contribution in [0.15, 0.2) is 24.3 Å². The molecule has 0 rings (SSSR count). The van der Waals surface area contributed by atoms with Crippen LogP contribution < -0.4 is 5.32 Å². The Morgan fingerprint density at radius 1 is 0.465 bits per heavy atom. The van der Waals surface area contributed by atoms with E-state index in [-0.39, 0.29) is 19.1 Å². The molecule has 0 saturated carbocycles. The van der Waals surface area contributed by atoms with Crippen molar-refractivity contribution >= 4 is 13.7 Å². The molecule has 71 heavy (non-hydrogen) atoms. The van der Waals surface area contributed by atoms with Gasteiger partial charge in [0.1, 0.15) is 13.2 Å². The number of likely N-dealkylation sites (N-methyl/N-ethyl adjacent to an activating group) is 1. The van der Waals surface area contributed by atoms with Gasteiger partial charge in [-0.2, -0.15) is 0 Å². The van der Waals surface area contributed by atoms with E-state index in [0.29, 0.717) is 17.4 Å². The molecule has 9 heteroatoms. The van der Waals surface area contributed by atoms with Crippen LogP contribution in [0.5, 0.6) is 0 Å². The fraction of sp³-hybridized carbons (Fsp3) is 0.919. The van der Waals surface area contributed by atoms with Crippen LogP contribution in [0, 0.1) is 0 Å². The smallest absolute Gasteiger partial charge is 0.387 e. The minimum absolute atomic E-state index is 0.0629. The minimum atomic E-state index is -4.35. The van der Waals surface area contributed by atoms with Gasteiger partial charge in [-0.25, -0.2) is 4.57 Å². The number of rotatable bonds is 58.